The monoisotopic (exact) mass is 273 g/mol. The normalized spacial score (nSPS) is 20.0. The Morgan fingerprint density at radius 3 is 2.73 bits per heavy atom. The standard InChI is InChI=1S/C11H13BrFNO/c12-8-3-4-10(13)9(5-8)11(14,6-15)7-1-2-7/h3-5,7,15H,1-2,6,14H2/t11-/m1/s1. The Labute approximate surface area is 96.4 Å². The van der Waals surface area contributed by atoms with E-state index in [0.29, 0.717) is 5.56 Å². The fourth-order valence-electron chi connectivity index (χ4n) is 1.89. The predicted octanol–water partition coefficient (Wildman–Crippen LogP) is 2.14. The van der Waals surface area contributed by atoms with Gasteiger partial charge < -0.3 is 10.8 Å². The van der Waals surface area contributed by atoms with Crippen molar-refractivity contribution in [1.82, 2.24) is 0 Å². The fourth-order valence-corrected chi connectivity index (χ4v) is 2.25. The first-order valence-electron chi connectivity index (χ1n) is 4.93. The van der Waals surface area contributed by atoms with Crippen LogP contribution >= 0.6 is 15.9 Å². The van der Waals surface area contributed by atoms with Crippen molar-refractivity contribution in [3.63, 3.8) is 0 Å². The molecule has 0 heterocycles. The van der Waals surface area contributed by atoms with E-state index < -0.39 is 5.54 Å². The molecular weight excluding hydrogens is 261 g/mol. The largest absolute Gasteiger partial charge is 0.394 e. The van der Waals surface area contributed by atoms with Gasteiger partial charge in [0.15, 0.2) is 0 Å². The molecule has 2 nitrogen and oxygen atoms in total. The van der Waals surface area contributed by atoms with Gasteiger partial charge in [-0.1, -0.05) is 15.9 Å². The lowest BCUT2D eigenvalue weighted by atomic mass is 9.86. The van der Waals surface area contributed by atoms with Crippen LogP contribution in [0, 0.1) is 11.7 Å². The van der Waals surface area contributed by atoms with Crippen molar-refractivity contribution >= 4 is 15.9 Å². The lowest BCUT2D eigenvalue weighted by Crippen LogP contribution is -2.43. The zero-order valence-corrected chi connectivity index (χ0v) is 9.80. The summed E-state index contributed by atoms with van der Waals surface area (Å²) in [4.78, 5) is 0. The minimum Gasteiger partial charge on any atom is -0.394 e. The third-order valence-corrected chi connectivity index (χ3v) is 3.49. The molecular formula is C11H13BrFNO. The first-order valence-corrected chi connectivity index (χ1v) is 5.72. The fraction of sp³-hybridized carbons (Fsp3) is 0.455. The highest BCUT2D eigenvalue weighted by atomic mass is 79.9. The predicted molar refractivity (Wildman–Crippen MR) is 59.8 cm³/mol. The van der Waals surface area contributed by atoms with Gasteiger partial charge in [-0.2, -0.15) is 0 Å². The molecule has 1 atom stereocenters. The van der Waals surface area contributed by atoms with Gasteiger partial charge in [0.1, 0.15) is 5.82 Å². The van der Waals surface area contributed by atoms with E-state index in [0.717, 1.165) is 17.3 Å². The van der Waals surface area contributed by atoms with Crippen molar-refractivity contribution in [3.8, 4) is 0 Å². The summed E-state index contributed by atoms with van der Waals surface area (Å²) in [5, 5.41) is 9.36. The lowest BCUT2D eigenvalue weighted by molar-refractivity contribution is 0.173. The second-order valence-corrected chi connectivity index (χ2v) is 5.01. The number of halogens is 2. The Bertz CT molecular complexity index is 381. The minimum absolute atomic E-state index is 0.200. The van der Waals surface area contributed by atoms with Crippen LogP contribution in [-0.2, 0) is 5.54 Å². The molecule has 82 valence electrons. The minimum atomic E-state index is -0.923. The summed E-state index contributed by atoms with van der Waals surface area (Å²) < 4.78 is 14.4. The molecule has 1 fully saturated rings. The second-order valence-electron chi connectivity index (χ2n) is 4.10. The van der Waals surface area contributed by atoms with Crippen LogP contribution < -0.4 is 5.73 Å². The Balaban J connectivity index is 2.45. The van der Waals surface area contributed by atoms with Crippen LogP contribution in [0.3, 0.4) is 0 Å². The van der Waals surface area contributed by atoms with Gasteiger partial charge in [0.2, 0.25) is 0 Å². The van der Waals surface area contributed by atoms with E-state index in [-0.39, 0.29) is 18.3 Å². The van der Waals surface area contributed by atoms with Crippen LogP contribution in [0.15, 0.2) is 22.7 Å². The van der Waals surface area contributed by atoms with E-state index >= 15 is 0 Å². The second kappa shape index (κ2) is 3.85. The molecule has 15 heavy (non-hydrogen) atoms. The van der Waals surface area contributed by atoms with Crippen molar-refractivity contribution in [1.29, 1.82) is 0 Å². The maximum atomic E-state index is 13.6. The topological polar surface area (TPSA) is 46.2 Å². The van der Waals surface area contributed by atoms with Gasteiger partial charge in [0.25, 0.3) is 0 Å². The maximum absolute atomic E-state index is 13.6. The molecule has 0 amide bonds. The molecule has 1 aromatic carbocycles. The van der Waals surface area contributed by atoms with Crippen LogP contribution in [-0.4, -0.2) is 11.7 Å². The van der Waals surface area contributed by atoms with Crippen LogP contribution in [0.1, 0.15) is 18.4 Å². The molecule has 0 bridgehead atoms. The highest BCUT2D eigenvalue weighted by Gasteiger charge is 2.44. The number of nitrogens with two attached hydrogens (primary N) is 1. The van der Waals surface area contributed by atoms with Crippen LogP contribution in [0.5, 0.6) is 0 Å². The molecule has 1 aliphatic carbocycles. The molecule has 4 heteroatoms. The summed E-state index contributed by atoms with van der Waals surface area (Å²) >= 11 is 3.28. The molecule has 1 aromatic rings. The highest BCUT2D eigenvalue weighted by Crippen LogP contribution is 2.44. The van der Waals surface area contributed by atoms with E-state index in [1.807, 2.05) is 0 Å². The van der Waals surface area contributed by atoms with Crippen molar-refractivity contribution < 1.29 is 9.50 Å². The molecule has 2 rings (SSSR count). The molecule has 0 aromatic heterocycles. The Morgan fingerprint density at radius 1 is 1.53 bits per heavy atom. The van der Waals surface area contributed by atoms with Crippen molar-refractivity contribution in [3.05, 3.63) is 34.1 Å². The molecule has 1 saturated carbocycles. The summed E-state index contributed by atoms with van der Waals surface area (Å²) in [6.07, 6.45) is 1.92. The van der Waals surface area contributed by atoms with E-state index in [2.05, 4.69) is 15.9 Å². The lowest BCUT2D eigenvalue weighted by Gasteiger charge is -2.28. The van der Waals surface area contributed by atoms with Gasteiger partial charge >= 0.3 is 0 Å². The maximum Gasteiger partial charge on any atom is 0.128 e. The van der Waals surface area contributed by atoms with Gasteiger partial charge in [-0.05, 0) is 37.0 Å². The smallest absolute Gasteiger partial charge is 0.128 e. The molecule has 0 unspecified atom stereocenters. The first-order chi connectivity index (χ1) is 7.08. The molecule has 3 N–H and O–H groups in total. The molecule has 0 saturated heterocycles. The molecule has 1 aliphatic rings. The van der Waals surface area contributed by atoms with Crippen molar-refractivity contribution in [2.45, 2.75) is 18.4 Å². The Hall–Kier alpha value is -0.450. The summed E-state index contributed by atoms with van der Waals surface area (Å²) in [7, 11) is 0. The third kappa shape index (κ3) is 1.94. The Morgan fingerprint density at radius 2 is 2.20 bits per heavy atom. The Kier molecular flexibility index (Phi) is 2.83. The highest BCUT2D eigenvalue weighted by molar-refractivity contribution is 9.10. The van der Waals surface area contributed by atoms with Crippen molar-refractivity contribution in [2.24, 2.45) is 11.7 Å². The van der Waals surface area contributed by atoms with Gasteiger partial charge in [-0.3, -0.25) is 0 Å². The van der Waals surface area contributed by atoms with E-state index in [4.69, 9.17) is 5.73 Å². The molecule has 0 radical (unpaired) electrons. The average molecular weight is 274 g/mol. The summed E-state index contributed by atoms with van der Waals surface area (Å²) in [5.41, 5.74) is 5.56. The zero-order valence-electron chi connectivity index (χ0n) is 8.21. The molecule has 0 aliphatic heterocycles. The first kappa shape index (κ1) is 11.0. The quantitative estimate of drug-likeness (QED) is 0.887. The van der Waals surface area contributed by atoms with Gasteiger partial charge in [0.05, 0.1) is 12.1 Å². The van der Waals surface area contributed by atoms with Crippen LogP contribution in [0.25, 0.3) is 0 Å². The van der Waals surface area contributed by atoms with Gasteiger partial charge in [-0.25, -0.2) is 4.39 Å². The third-order valence-electron chi connectivity index (χ3n) is 3.00. The van der Waals surface area contributed by atoms with Gasteiger partial charge in [0, 0.05) is 10.0 Å². The number of hydrogen-bond donors (Lipinski definition) is 2. The number of benzene rings is 1. The number of hydrogen-bond acceptors (Lipinski definition) is 2. The molecule has 0 spiro atoms. The number of aliphatic hydroxyl groups is 1. The van der Waals surface area contributed by atoms with Crippen molar-refractivity contribution in [2.75, 3.05) is 6.61 Å². The number of rotatable bonds is 3. The van der Waals surface area contributed by atoms with Gasteiger partial charge in [-0.15, -0.1) is 0 Å². The SMILES string of the molecule is N[C@@](CO)(c1cc(Br)ccc1F)C1CC1. The summed E-state index contributed by atoms with van der Waals surface area (Å²) in [6.45, 7) is -0.217. The summed E-state index contributed by atoms with van der Waals surface area (Å²) in [5.74, 6) is -0.145. The number of aliphatic hydroxyl groups excluding tert-OH is 1. The van der Waals surface area contributed by atoms with Crippen LogP contribution in [0.2, 0.25) is 0 Å². The van der Waals surface area contributed by atoms with E-state index in [1.54, 1.807) is 12.1 Å². The van der Waals surface area contributed by atoms with Crippen LogP contribution in [0.4, 0.5) is 4.39 Å². The van der Waals surface area contributed by atoms with E-state index in [9.17, 15) is 9.50 Å². The zero-order chi connectivity index (χ0) is 11.1. The average Bonchev–Trinajstić information content (AvgIpc) is 3.04. The summed E-state index contributed by atoms with van der Waals surface area (Å²) in [6, 6.07) is 4.66. The van der Waals surface area contributed by atoms with E-state index in [1.165, 1.54) is 6.07 Å².